The van der Waals surface area contributed by atoms with Crippen LogP contribution in [-0.4, -0.2) is 32.2 Å². The van der Waals surface area contributed by atoms with Gasteiger partial charge in [-0.15, -0.1) is 11.8 Å². The van der Waals surface area contributed by atoms with Crippen LogP contribution in [0.15, 0.2) is 47.4 Å². The van der Waals surface area contributed by atoms with Gasteiger partial charge in [-0.3, -0.25) is 0 Å². The lowest BCUT2D eigenvalue weighted by Crippen LogP contribution is -2.25. The maximum atomic E-state index is 12.6. The summed E-state index contributed by atoms with van der Waals surface area (Å²) in [6.45, 7) is 4.88. The van der Waals surface area contributed by atoms with E-state index in [0.717, 1.165) is 34.8 Å². The molecule has 0 radical (unpaired) electrons. The molecule has 2 aromatic rings. The van der Waals surface area contributed by atoms with E-state index in [0.29, 0.717) is 18.1 Å². The minimum absolute atomic E-state index is 0.172. The first-order chi connectivity index (χ1) is 13.3. The SMILES string of the molecule is CCCOC(COc1ccc(C(F)(F)F)cc1)CSc1ccc(OC)c(C)c1. The van der Waals surface area contributed by atoms with E-state index in [2.05, 4.69) is 6.07 Å². The smallest absolute Gasteiger partial charge is 0.416 e. The standard InChI is InChI=1S/C21H25F3O3S/c1-4-11-26-18(14-28-19-9-10-20(25-3)15(2)12-19)13-27-17-7-5-16(6-8-17)21(22,23)24/h5-10,12,18H,4,11,13-14H2,1-3H3. The zero-order valence-corrected chi connectivity index (χ0v) is 17.0. The van der Waals surface area contributed by atoms with Crippen molar-refractivity contribution in [2.45, 2.75) is 37.4 Å². The molecule has 0 aromatic heterocycles. The second-order valence-corrected chi connectivity index (χ2v) is 7.36. The van der Waals surface area contributed by atoms with Crippen LogP contribution in [0.5, 0.6) is 11.5 Å². The van der Waals surface area contributed by atoms with Gasteiger partial charge in [-0.05, 0) is 61.4 Å². The monoisotopic (exact) mass is 414 g/mol. The van der Waals surface area contributed by atoms with Crippen LogP contribution in [0.2, 0.25) is 0 Å². The topological polar surface area (TPSA) is 27.7 Å². The molecule has 0 saturated carbocycles. The van der Waals surface area contributed by atoms with Crippen LogP contribution in [0.3, 0.4) is 0 Å². The average molecular weight is 414 g/mol. The second kappa shape index (κ2) is 10.6. The molecular formula is C21H25F3O3S. The molecule has 1 atom stereocenters. The largest absolute Gasteiger partial charge is 0.496 e. The number of thioether (sulfide) groups is 1. The van der Waals surface area contributed by atoms with Gasteiger partial charge in [-0.1, -0.05) is 6.92 Å². The summed E-state index contributed by atoms with van der Waals surface area (Å²) in [7, 11) is 1.64. The zero-order chi connectivity index (χ0) is 20.6. The molecule has 7 heteroatoms. The molecule has 0 N–H and O–H groups in total. The quantitative estimate of drug-likeness (QED) is 0.447. The first-order valence-corrected chi connectivity index (χ1v) is 10.0. The Hall–Kier alpha value is -1.86. The van der Waals surface area contributed by atoms with Crippen molar-refractivity contribution >= 4 is 11.8 Å². The molecule has 0 heterocycles. The Labute approximate surface area is 168 Å². The number of aryl methyl sites for hydroxylation is 1. The number of ether oxygens (including phenoxy) is 3. The van der Waals surface area contributed by atoms with Gasteiger partial charge in [-0.25, -0.2) is 0 Å². The van der Waals surface area contributed by atoms with E-state index < -0.39 is 11.7 Å². The highest BCUT2D eigenvalue weighted by Gasteiger charge is 2.30. The molecule has 28 heavy (non-hydrogen) atoms. The molecule has 0 aliphatic rings. The van der Waals surface area contributed by atoms with E-state index in [9.17, 15) is 13.2 Å². The molecule has 1 unspecified atom stereocenters. The Morgan fingerprint density at radius 2 is 1.79 bits per heavy atom. The highest BCUT2D eigenvalue weighted by molar-refractivity contribution is 7.99. The molecule has 0 aliphatic heterocycles. The van der Waals surface area contributed by atoms with Gasteiger partial charge in [0.1, 0.15) is 24.2 Å². The van der Waals surface area contributed by atoms with Crippen molar-refractivity contribution in [3.8, 4) is 11.5 Å². The fraction of sp³-hybridized carbons (Fsp3) is 0.429. The van der Waals surface area contributed by atoms with Crippen LogP contribution < -0.4 is 9.47 Å². The van der Waals surface area contributed by atoms with Crippen LogP contribution >= 0.6 is 11.8 Å². The first-order valence-electron chi connectivity index (χ1n) is 9.02. The van der Waals surface area contributed by atoms with Crippen LogP contribution in [0.25, 0.3) is 0 Å². The summed E-state index contributed by atoms with van der Waals surface area (Å²) < 4.78 is 54.7. The van der Waals surface area contributed by atoms with Gasteiger partial charge in [0.15, 0.2) is 0 Å². The Morgan fingerprint density at radius 3 is 2.36 bits per heavy atom. The third-order valence-corrected chi connectivity index (χ3v) is 5.10. The number of rotatable bonds is 10. The summed E-state index contributed by atoms with van der Waals surface area (Å²) in [5.41, 5.74) is 0.364. The van der Waals surface area contributed by atoms with Gasteiger partial charge in [0.25, 0.3) is 0 Å². The van der Waals surface area contributed by atoms with E-state index in [1.807, 2.05) is 26.0 Å². The summed E-state index contributed by atoms with van der Waals surface area (Å²) in [5, 5.41) is 0. The minimum Gasteiger partial charge on any atom is -0.496 e. The summed E-state index contributed by atoms with van der Waals surface area (Å²) in [6.07, 6.45) is -3.64. The lowest BCUT2D eigenvalue weighted by Gasteiger charge is -2.18. The molecule has 0 bridgehead atoms. The number of alkyl halides is 3. The second-order valence-electron chi connectivity index (χ2n) is 6.27. The molecule has 0 saturated heterocycles. The van der Waals surface area contributed by atoms with Gasteiger partial charge >= 0.3 is 6.18 Å². The van der Waals surface area contributed by atoms with Crippen LogP contribution in [0.4, 0.5) is 13.2 Å². The maximum Gasteiger partial charge on any atom is 0.416 e. The molecule has 0 aliphatic carbocycles. The summed E-state index contributed by atoms with van der Waals surface area (Å²) in [4.78, 5) is 1.10. The maximum absolute atomic E-state index is 12.6. The average Bonchev–Trinajstić information content (AvgIpc) is 2.67. The van der Waals surface area contributed by atoms with Crippen molar-refractivity contribution in [3.05, 3.63) is 53.6 Å². The zero-order valence-electron chi connectivity index (χ0n) is 16.2. The number of hydrogen-bond donors (Lipinski definition) is 0. The molecule has 2 aromatic carbocycles. The van der Waals surface area contributed by atoms with Crippen molar-refractivity contribution in [2.75, 3.05) is 26.1 Å². The predicted molar refractivity (Wildman–Crippen MR) is 105 cm³/mol. The Balaban J connectivity index is 1.92. The van der Waals surface area contributed by atoms with Crippen LogP contribution in [-0.2, 0) is 10.9 Å². The Kier molecular flexibility index (Phi) is 8.51. The lowest BCUT2D eigenvalue weighted by atomic mass is 10.2. The van der Waals surface area contributed by atoms with Crippen molar-refractivity contribution in [3.63, 3.8) is 0 Å². The van der Waals surface area contributed by atoms with E-state index >= 15 is 0 Å². The van der Waals surface area contributed by atoms with Crippen LogP contribution in [0.1, 0.15) is 24.5 Å². The van der Waals surface area contributed by atoms with Gasteiger partial charge in [0, 0.05) is 17.3 Å². The highest BCUT2D eigenvalue weighted by atomic mass is 32.2. The third-order valence-electron chi connectivity index (χ3n) is 3.98. The molecule has 3 nitrogen and oxygen atoms in total. The van der Waals surface area contributed by atoms with Crippen molar-refractivity contribution < 1.29 is 27.4 Å². The Bertz CT molecular complexity index is 733. The molecule has 0 fully saturated rings. The summed E-state index contributed by atoms with van der Waals surface area (Å²) in [5.74, 6) is 1.91. The predicted octanol–water partition coefficient (Wildman–Crippen LogP) is 5.99. The van der Waals surface area contributed by atoms with Crippen LogP contribution in [0, 0.1) is 6.92 Å². The van der Waals surface area contributed by atoms with Gasteiger partial charge in [-0.2, -0.15) is 13.2 Å². The van der Waals surface area contributed by atoms with Gasteiger partial charge in [0.2, 0.25) is 0 Å². The van der Waals surface area contributed by atoms with Crippen molar-refractivity contribution in [2.24, 2.45) is 0 Å². The lowest BCUT2D eigenvalue weighted by molar-refractivity contribution is -0.137. The van der Waals surface area contributed by atoms with E-state index in [-0.39, 0.29) is 12.7 Å². The van der Waals surface area contributed by atoms with Gasteiger partial charge in [0.05, 0.1) is 12.7 Å². The summed E-state index contributed by atoms with van der Waals surface area (Å²) >= 11 is 1.64. The normalized spacial score (nSPS) is 12.6. The van der Waals surface area contributed by atoms with E-state index in [4.69, 9.17) is 14.2 Å². The molecular weight excluding hydrogens is 389 g/mol. The minimum atomic E-state index is -4.35. The number of hydrogen-bond acceptors (Lipinski definition) is 4. The number of halogens is 3. The van der Waals surface area contributed by atoms with Crippen molar-refractivity contribution in [1.29, 1.82) is 0 Å². The number of methoxy groups -OCH3 is 1. The molecule has 154 valence electrons. The molecule has 0 amide bonds. The molecule has 0 spiro atoms. The number of benzene rings is 2. The molecule has 2 rings (SSSR count). The van der Waals surface area contributed by atoms with Gasteiger partial charge < -0.3 is 14.2 Å². The fourth-order valence-corrected chi connectivity index (χ4v) is 3.48. The van der Waals surface area contributed by atoms with E-state index in [1.165, 1.54) is 12.1 Å². The first kappa shape index (κ1) is 22.4. The Morgan fingerprint density at radius 1 is 1.07 bits per heavy atom. The van der Waals surface area contributed by atoms with E-state index in [1.54, 1.807) is 18.9 Å². The summed E-state index contributed by atoms with van der Waals surface area (Å²) in [6, 6.07) is 10.7. The fourth-order valence-electron chi connectivity index (χ4n) is 2.49. The van der Waals surface area contributed by atoms with Crippen molar-refractivity contribution in [1.82, 2.24) is 0 Å². The highest BCUT2D eigenvalue weighted by Crippen LogP contribution is 2.30. The third kappa shape index (κ3) is 6.95.